The minimum absolute atomic E-state index is 0. The molecule has 0 amide bonds. The van der Waals surface area contributed by atoms with Gasteiger partial charge in [0, 0.05) is 37.3 Å². The van der Waals surface area contributed by atoms with Crippen molar-refractivity contribution in [1.82, 2.24) is 20.5 Å². The zero-order valence-corrected chi connectivity index (χ0v) is 16.9. The maximum Gasteiger partial charge on any atom is 0.191 e. The van der Waals surface area contributed by atoms with E-state index in [1.165, 1.54) is 30.7 Å². The first kappa shape index (κ1) is 19.6. The highest BCUT2D eigenvalue weighted by atomic mass is 127. The van der Waals surface area contributed by atoms with E-state index in [0.29, 0.717) is 6.04 Å². The first-order valence-electron chi connectivity index (χ1n) is 7.79. The van der Waals surface area contributed by atoms with E-state index in [1.54, 1.807) is 11.3 Å². The van der Waals surface area contributed by atoms with Gasteiger partial charge in [0.15, 0.2) is 5.96 Å². The lowest BCUT2D eigenvalue weighted by Crippen LogP contribution is -2.45. The number of hydrogen-bond acceptors (Lipinski definition) is 4. The molecule has 7 heteroatoms. The Morgan fingerprint density at radius 2 is 2.27 bits per heavy atom. The summed E-state index contributed by atoms with van der Waals surface area (Å²) in [7, 11) is 1.81. The van der Waals surface area contributed by atoms with E-state index >= 15 is 0 Å². The number of piperidine rings is 1. The molecule has 2 rings (SSSR count). The summed E-state index contributed by atoms with van der Waals surface area (Å²) < 4.78 is 0. The molecule has 1 aliphatic heterocycles. The molecule has 2 heterocycles. The van der Waals surface area contributed by atoms with Crippen LogP contribution < -0.4 is 10.6 Å². The monoisotopic (exact) mass is 437 g/mol. The molecule has 1 aromatic heterocycles. The first-order chi connectivity index (χ1) is 10.2. The number of aryl methyl sites for hydroxylation is 1. The van der Waals surface area contributed by atoms with Crippen molar-refractivity contribution in [2.24, 2.45) is 4.99 Å². The van der Waals surface area contributed by atoms with Gasteiger partial charge in [-0.3, -0.25) is 9.89 Å². The van der Waals surface area contributed by atoms with Crippen molar-refractivity contribution in [3.05, 3.63) is 16.1 Å². The highest BCUT2D eigenvalue weighted by Crippen LogP contribution is 2.15. The standard InChI is InChI=1S/C15H27N5S.HI/c1-12-6-4-5-8-20(12)9-7-17-15(16-3)19-11-14-18-10-13(2)21-14;/h10,12H,4-9,11H2,1-3H3,(H2,16,17,19);1H. The Balaban J connectivity index is 0.00000242. The van der Waals surface area contributed by atoms with Crippen LogP contribution in [0.5, 0.6) is 0 Å². The summed E-state index contributed by atoms with van der Waals surface area (Å²) in [6, 6.07) is 0.716. The Morgan fingerprint density at radius 3 is 2.91 bits per heavy atom. The average Bonchev–Trinajstić information content (AvgIpc) is 2.90. The molecular weight excluding hydrogens is 409 g/mol. The first-order valence-corrected chi connectivity index (χ1v) is 8.60. The number of guanidine groups is 1. The second kappa shape index (κ2) is 10.4. The van der Waals surface area contributed by atoms with Gasteiger partial charge >= 0.3 is 0 Å². The highest BCUT2D eigenvalue weighted by molar-refractivity contribution is 14.0. The summed E-state index contributed by atoms with van der Waals surface area (Å²) in [5, 5.41) is 7.80. The van der Waals surface area contributed by atoms with Gasteiger partial charge in [0.25, 0.3) is 0 Å². The van der Waals surface area contributed by atoms with Crippen molar-refractivity contribution >= 4 is 41.3 Å². The van der Waals surface area contributed by atoms with Crippen LogP contribution >= 0.6 is 35.3 Å². The summed E-state index contributed by atoms with van der Waals surface area (Å²) in [6.07, 6.45) is 5.95. The molecule has 1 saturated heterocycles. The molecule has 0 saturated carbocycles. The van der Waals surface area contributed by atoms with E-state index in [-0.39, 0.29) is 24.0 Å². The van der Waals surface area contributed by atoms with Gasteiger partial charge in [-0.1, -0.05) is 6.42 Å². The van der Waals surface area contributed by atoms with Gasteiger partial charge in [-0.05, 0) is 33.2 Å². The molecule has 1 fully saturated rings. The lowest BCUT2D eigenvalue weighted by Gasteiger charge is -2.33. The minimum Gasteiger partial charge on any atom is -0.355 e. The number of aromatic nitrogens is 1. The van der Waals surface area contributed by atoms with Gasteiger partial charge in [-0.2, -0.15) is 0 Å². The van der Waals surface area contributed by atoms with E-state index in [4.69, 9.17) is 0 Å². The fourth-order valence-corrected chi connectivity index (χ4v) is 3.40. The van der Waals surface area contributed by atoms with Gasteiger partial charge in [0.1, 0.15) is 5.01 Å². The van der Waals surface area contributed by atoms with Crippen LogP contribution in [0, 0.1) is 6.92 Å². The Morgan fingerprint density at radius 1 is 1.45 bits per heavy atom. The van der Waals surface area contributed by atoms with Crippen molar-refractivity contribution in [1.29, 1.82) is 0 Å². The van der Waals surface area contributed by atoms with Crippen LogP contribution in [-0.2, 0) is 6.54 Å². The second-order valence-corrected chi connectivity index (χ2v) is 6.92. The predicted octanol–water partition coefficient (Wildman–Crippen LogP) is 2.61. The van der Waals surface area contributed by atoms with Crippen LogP contribution in [0.1, 0.15) is 36.1 Å². The van der Waals surface area contributed by atoms with Gasteiger partial charge in [-0.15, -0.1) is 35.3 Å². The number of hydrogen-bond donors (Lipinski definition) is 2. The van der Waals surface area contributed by atoms with Gasteiger partial charge in [0.2, 0.25) is 0 Å². The largest absolute Gasteiger partial charge is 0.355 e. The zero-order valence-electron chi connectivity index (χ0n) is 13.8. The zero-order chi connectivity index (χ0) is 15.1. The van der Waals surface area contributed by atoms with Crippen LogP contribution in [0.4, 0.5) is 0 Å². The number of likely N-dealkylation sites (tertiary alicyclic amines) is 1. The molecule has 5 nitrogen and oxygen atoms in total. The van der Waals surface area contributed by atoms with E-state index in [1.807, 2.05) is 13.2 Å². The van der Waals surface area contributed by atoms with Gasteiger partial charge < -0.3 is 10.6 Å². The fourth-order valence-electron chi connectivity index (χ4n) is 2.67. The summed E-state index contributed by atoms with van der Waals surface area (Å²) in [4.78, 5) is 12.4. The minimum atomic E-state index is 0. The summed E-state index contributed by atoms with van der Waals surface area (Å²) in [6.45, 7) is 8.38. The van der Waals surface area contributed by atoms with E-state index in [0.717, 1.165) is 30.6 Å². The number of nitrogens with one attached hydrogen (secondary N) is 2. The molecular formula is C15H28IN5S. The lowest BCUT2D eigenvalue weighted by molar-refractivity contribution is 0.163. The number of thiazole rings is 1. The van der Waals surface area contributed by atoms with E-state index < -0.39 is 0 Å². The van der Waals surface area contributed by atoms with Crippen LogP contribution in [0.2, 0.25) is 0 Å². The predicted molar refractivity (Wildman–Crippen MR) is 105 cm³/mol. The van der Waals surface area contributed by atoms with Gasteiger partial charge in [0.05, 0.1) is 6.54 Å². The molecule has 0 spiro atoms. The van der Waals surface area contributed by atoms with Crippen LogP contribution in [0.25, 0.3) is 0 Å². The molecule has 0 aromatic carbocycles. The molecule has 1 aromatic rings. The maximum atomic E-state index is 4.35. The number of nitrogens with zero attached hydrogens (tertiary/aromatic N) is 3. The average molecular weight is 437 g/mol. The molecule has 2 N–H and O–H groups in total. The van der Waals surface area contributed by atoms with Crippen molar-refractivity contribution < 1.29 is 0 Å². The van der Waals surface area contributed by atoms with Gasteiger partial charge in [-0.25, -0.2) is 4.98 Å². The maximum absolute atomic E-state index is 4.35. The SMILES string of the molecule is CN=C(NCCN1CCCCC1C)NCc1ncc(C)s1.I. The Bertz CT molecular complexity index is 463. The summed E-state index contributed by atoms with van der Waals surface area (Å²) in [5.74, 6) is 0.854. The fraction of sp³-hybridized carbons (Fsp3) is 0.733. The molecule has 1 unspecified atom stereocenters. The highest BCUT2D eigenvalue weighted by Gasteiger charge is 2.17. The van der Waals surface area contributed by atoms with E-state index in [9.17, 15) is 0 Å². The third-order valence-electron chi connectivity index (χ3n) is 3.93. The second-order valence-electron chi connectivity index (χ2n) is 5.60. The summed E-state index contributed by atoms with van der Waals surface area (Å²) >= 11 is 1.72. The Labute approximate surface area is 155 Å². The lowest BCUT2D eigenvalue weighted by atomic mass is 10.0. The van der Waals surface area contributed by atoms with Crippen molar-refractivity contribution in [3.8, 4) is 0 Å². The Hall–Kier alpha value is -0.410. The third-order valence-corrected chi connectivity index (χ3v) is 4.84. The van der Waals surface area contributed by atoms with Crippen molar-refractivity contribution in [2.75, 3.05) is 26.7 Å². The third kappa shape index (κ3) is 6.37. The Kier molecular flexibility index (Phi) is 9.27. The molecule has 22 heavy (non-hydrogen) atoms. The topological polar surface area (TPSA) is 52.6 Å². The quantitative estimate of drug-likeness (QED) is 0.423. The molecule has 0 aliphatic carbocycles. The van der Waals surface area contributed by atoms with Crippen LogP contribution in [0.3, 0.4) is 0 Å². The normalized spacial score (nSPS) is 19.6. The smallest absolute Gasteiger partial charge is 0.191 e. The number of halogens is 1. The molecule has 1 atom stereocenters. The van der Waals surface area contributed by atoms with Crippen LogP contribution in [-0.4, -0.2) is 48.6 Å². The van der Waals surface area contributed by atoms with Crippen molar-refractivity contribution in [2.45, 2.75) is 45.7 Å². The van der Waals surface area contributed by atoms with E-state index in [2.05, 4.69) is 39.4 Å². The molecule has 126 valence electrons. The molecule has 0 bridgehead atoms. The number of rotatable bonds is 5. The number of aliphatic imine (C=N–C) groups is 1. The summed E-state index contributed by atoms with van der Waals surface area (Å²) in [5.41, 5.74) is 0. The molecule has 0 radical (unpaired) electrons. The van der Waals surface area contributed by atoms with Crippen molar-refractivity contribution in [3.63, 3.8) is 0 Å². The molecule has 1 aliphatic rings. The van der Waals surface area contributed by atoms with Crippen LogP contribution in [0.15, 0.2) is 11.2 Å².